The SMILES string of the molecule is COc1cc(C(CN(C)CCC(=O)O)NC(C)=O)ccc1NC(=O)Nc1ccccc1C. The number of urea groups is 1. The molecule has 0 heterocycles. The van der Waals surface area contributed by atoms with Crippen LogP contribution < -0.4 is 20.7 Å². The fourth-order valence-electron chi connectivity index (χ4n) is 3.19. The summed E-state index contributed by atoms with van der Waals surface area (Å²) in [5.74, 6) is -0.652. The number of hydrogen-bond donors (Lipinski definition) is 4. The molecule has 0 aliphatic carbocycles. The first-order valence-electron chi connectivity index (χ1n) is 10.2. The van der Waals surface area contributed by atoms with Crippen LogP contribution in [0.3, 0.4) is 0 Å². The van der Waals surface area contributed by atoms with Gasteiger partial charge in [0, 0.05) is 25.7 Å². The van der Waals surface area contributed by atoms with Crippen LogP contribution in [0.1, 0.15) is 30.5 Å². The van der Waals surface area contributed by atoms with Gasteiger partial charge in [-0.2, -0.15) is 0 Å². The van der Waals surface area contributed by atoms with Crippen LogP contribution in [0.15, 0.2) is 42.5 Å². The number of carboxylic acids is 1. The summed E-state index contributed by atoms with van der Waals surface area (Å²) < 4.78 is 5.45. The van der Waals surface area contributed by atoms with Gasteiger partial charge < -0.3 is 30.7 Å². The van der Waals surface area contributed by atoms with Gasteiger partial charge >= 0.3 is 12.0 Å². The van der Waals surface area contributed by atoms with Crippen molar-refractivity contribution in [3.8, 4) is 5.75 Å². The Morgan fingerprint density at radius 3 is 2.41 bits per heavy atom. The molecule has 0 saturated carbocycles. The van der Waals surface area contributed by atoms with E-state index in [2.05, 4.69) is 16.0 Å². The Kier molecular flexibility index (Phi) is 9.03. The molecule has 1 unspecified atom stereocenters. The van der Waals surface area contributed by atoms with E-state index in [1.807, 2.05) is 36.1 Å². The number of para-hydroxylation sites is 1. The molecule has 0 radical (unpaired) electrons. The number of carbonyl (C=O) groups excluding carboxylic acids is 2. The second-order valence-corrected chi connectivity index (χ2v) is 7.51. The summed E-state index contributed by atoms with van der Waals surface area (Å²) in [6, 6.07) is 11.9. The van der Waals surface area contributed by atoms with Crippen molar-refractivity contribution in [1.29, 1.82) is 0 Å². The van der Waals surface area contributed by atoms with Crippen LogP contribution in [0.2, 0.25) is 0 Å². The minimum absolute atomic E-state index is 0.00543. The number of methoxy groups -OCH3 is 1. The molecule has 0 aliphatic rings. The van der Waals surface area contributed by atoms with Gasteiger partial charge in [-0.1, -0.05) is 24.3 Å². The van der Waals surface area contributed by atoms with Crippen molar-refractivity contribution in [1.82, 2.24) is 10.2 Å². The van der Waals surface area contributed by atoms with Gasteiger partial charge in [-0.3, -0.25) is 9.59 Å². The number of likely N-dealkylation sites (N-methyl/N-ethyl adjacent to an activating group) is 1. The van der Waals surface area contributed by atoms with E-state index < -0.39 is 12.0 Å². The number of nitrogens with zero attached hydrogens (tertiary/aromatic N) is 1. The predicted octanol–water partition coefficient (Wildman–Crippen LogP) is 3.23. The molecule has 9 heteroatoms. The Balaban J connectivity index is 2.16. The molecule has 0 aliphatic heterocycles. The first-order chi connectivity index (χ1) is 15.2. The van der Waals surface area contributed by atoms with Crippen molar-refractivity contribution in [3.05, 3.63) is 53.6 Å². The van der Waals surface area contributed by atoms with Crippen molar-refractivity contribution >= 4 is 29.3 Å². The zero-order chi connectivity index (χ0) is 23.7. The van der Waals surface area contributed by atoms with Crippen molar-refractivity contribution in [2.75, 3.05) is 37.9 Å². The number of ether oxygens (including phenoxy) is 1. The van der Waals surface area contributed by atoms with Crippen LogP contribution >= 0.6 is 0 Å². The number of carbonyl (C=O) groups is 3. The van der Waals surface area contributed by atoms with Crippen LogP contribution in [-0.2, 0) is 9.59 Å². The Morgan fingerprint density at radius 2 is 1.78 bits per heavy atom. The summed E-state index contributed by atoms with van der Waals surface area (Å²) in [6.07, 6.45) is 0.00543. The van der Waals surface area contributed by atoms with E-state index in [-0.39, 0.29) is 18.4 Å². The second kappa shape index (κ2) is 11.7. The lowest BCUT2D eigenvalue weighted by molar-refractivity contribution is -0.137. The van der Waals surface area contributed by atoms with Crippen molar-refractivity contribution in [2.45, 2.75) is 26.3 Å². The number of carboxylic acid groups (broad SMARTS) is 1. The summed E-state index contributed by atoms with van der Waals surface area (Å²) in [6.45, 7) is 4.09. The summed E-state index contributed by atoms with van der Waals surface area (Å²) >= 11 is 0. The largest absolute Gasteiger partial charge is 0.495 e. The van der Waals surface area contributed by atoms with Gasteiger partial charge in [-0.05, 0) is 43.3 Å². The molecule has 32 heavy (non-hydrogen) atoms. The first kappa shape index (κ1) is 24.7. The zero-order valence-corrected chi connectivity index (χ0v) is 18.8. The highest BCUT2D eigenvalue weighted by Gasteiger charge is 2.18. The summed E-state index contributed by atoms with van der Waals surface area (Å²) in [5.41, 5.74) is 2.89. The average molecular weight is 443 g/mol. The van der Waals surface area contributed by atoms with Crippen LogP contribution in [0, 0.1) is 6.92 Å². The van der Waals surface area contributed by atoms with Crippen molar-refractivity contribution < 1.29 is 24.2 Å². The molecule has 0 fully saturated rings. The highest BCUT2D eigenvalue weighted by atomic mass is 16.5. The van der Waals surface area contributed by atoms with Gasteiger partial charge in [-0.25, -0.2) is 4.79 Å². The van der Waals surface area contributed by atoms with Gasteiger partial charge in [0.15, 0.2) is 0 Å². The minimum Gasteiger partial charge on any atom is -0.495 e. The lowest BCUT2D eigenvalue weighted by Gasteiger charge is -2.25. The standard InChI is InChI=1S/C23H30N4O5/c1-15-7-5-6-8-18(15)25-23(31)26-19-10-9-17(13-21(19)32-4)20(24-16(2)28)14-27(3)12-11-22(29)30/h5-10,13,20H,11-12,14H2,1-4H3,(H,24,28)(H,29,30)(H2,25,26,31). The molecular formula is C23H30N4O5. The molecule has 4 N–H and O–H groups in total. The molecule has 172 valence electrons. The molecule has 2 aromatic rings. The van der Waals surface area contributed by atoms with E-state index in [1.165, 1.54) is 14.0 Å². The molecule has 0 aromatic heterocycles. The highest BCUT2D eigenvalue weighted by molar-refractivity contribution is 6.01. The first-order valence-corrected chi connectivity index (χ1v) is 10.2. The molecule has 0 bridgehead atoms. The van der Waals surface area contributed by atoms with E-state index in [4.69, 9.17) is 9.84 Å². The fourth-order valence-corrected chi connectivity index (χ4v) is 3.19. The van der Waals surface area contributed by atoms with Gasteiger partial charge in [0.25, 0.3) is 0 Å². The van der Waals surface area contributed by atoms with Gasteiger partial charge in [0.2, 0.25) is 5.91 Å². The molecule has 0 spiro atoms. The second-order valence-electron chi connectivity index (χ2n) is 7.51. The van der Waals surface area contributed by atoms with Crippen LogP contribution in [0.5, 0.6) is 5.75 Å². The number of aliphatic carboxylic acids is 1. The van der Waals surface area contributed by atoms with E-state index in [0.717, 1.165) is 11.1 Å². The number of anilines is 2. The Bertz CT molecular complexity index is 963. The van der Waals surface area contributed by atoms with Crippen LogP contribution in [0.25, 0.3) is 0 Å². The highest BCUT2D eigenvalue weighted by Crippen LogP contribution is 2.29. The Morgan fingerprint density at radius 1 is 1.09 bits per heavy atom. The van der Waals surface area contributed by atoms with E-state index in [1.54, 1.807) is 25.2 Å². The third kappa shape index (κ3) is 7.59. The topological polar surface area (TPSA) is 120 Å². The van der Waals surface area contributed by atoms with E-state index in [9.17, 15) is 14.4 Å². The molecular weight excluding hydrogens is 412 g/mol. The quantitative estimate of drug-likeness (QED) is 0.448. The van der Waals surface area contributed by atoms with Gasteiger partial charge in [0.05, 0.1) is 25.3 Å². The number of aryl methyl sites for hydroxylation is 1. The van der Waals surface area contributed by atoms with E-state index in [0.29, 0.717) is 30.2 Å². The zero-order valence-electron chi connectivity index (χ0n) is 18.8. The van der Waals surface area contributed by atoms with Crippen molar-refractivity contribution in [2.24, 2.45) is 0 Å². The lowest BCUT2D eigenvalue weighted by atomic mass is 10.0. The molecule has 2 rings (SSSR count). The molecule has 0 saturated heterocycles. The van der Waals surface area contributed by atoms with Crippen LogP contribution in [-0.4, -0.2) is 55.2 Å². The van der Waals surface area contributed by atoms with Gasteiger partial charge in [-0.15, -0.1) is 0 Å². The fraction of sp³-hybridized carbons (Fsp3) is 0.348. The third-order valence-electron chi connectivity index (χ3n) is 4.85. The normalized spacial score (nSPS) is 11.5. The minimum atomic E-state index is -0.881. The molecule has 3 amide bonds. The summed E-state index contributed by atoms with van der Waals surface area (Å²) in [5, 5.41) is 17.4. The summed E-state index contributed by atoms with van der Waals surface area (Å²) in [7, 11) is 3.29. The number of hydrogen-bond acceptors (Lipinski definition) is 5. The van der Waals surface area contributed by atoms with Crippen molar-refractivity contribution in [3.63, 3.8) is 0 Å². The Labute approximate surface area is 187 Å². The number of amides is 3. The number of nitrogens with one attached hydrogen (secondary N) is 3. The maximum absolute atomic E-state index is 12.4. The molecule has 9 nitrogen and oxygen atoms in total. The van der Waals surface area contributed by atoms with Crippen LogP contribution in [0.4, 0.5) is 16.2 Å². The predicted molar refractivity (Wildman–Crippen MR) is 123 cm³/mol. The number of rotatable bonds is 10. The molecule has 2 aromatic carbocycles. The third-order valence-corrected chi connectivity index (χ3v) is 4.85. The lowest BCUT2D eigenvalue weighted by Crippen LogP contribution is -2.36. The number of benzene rings is 2. The van der Waals surface area contributed by atoms with E-state index >= 15 is 0 Å². The maximum atomic E-state index is 12.4. The monoisotopic (exact) mass is 442 g/mol. The Hall–Kier alpha value is -3.59. The summed E-state index contributed by atoms with van der Waals surface area (Å²) in [4.78, 5) is 36.8. The maximum Gasteiger partial charge on any atom is 0.323 e. The smallest absolute Gasteiger partial charge is 0.323 e. The van der Waals surface area contributed by atoms with Gasteiger partial charge in [0.1, 0.15) is 5.75 Å². The molecule has 1 atom stereocenters. The average Bonchev–Trinajstić information content (AvgIpc) is 2.73.